The second-order valence-corrected chi connectivity index (χ2v) is 8.90. The molecule has 5 rings (SSSR count). The summed E-state index contributed by atoms with van der Waals surface area (Å²) in [5.74, 6) is 0.546. The lowest BCUT2D eigenvalue weighted by atomic mass is 10.1. The molecule has 13 heteroatoms. The molecule has 1 atom stereocenters. The Bertz CT molecular complexity index is 1240. The summed E-state index contributed by atoms with van der Waals surface area (Å²) >= 11 is 0. The molecule has 2 N–H and O–H groups in total. The Morgan fingerprint density at radius 2 is 2.00 bits per heavy atom. The number of H-pyrrole nitrogens is 1. The van der Waals surface area contributed by atoms with Gasteiger partial charge in [0.25, 0.3) is 5.56 Å². The molecule has 3 aromatic rings. The number of anilines is 2. The zero-order valence-corrected chi connectivity index (χ0v) is 19.0. The van der Waals surface area contributed by atoms with Crippen LogP contribution < -0.4 is 15.8 Å². The van der Waals surface area contributed by atoms with Crippen molar-refractivity contribution < 1.29 is 17.9 Å². The summed E-state index contributed by atoms with van der Waals surface area (Å²) in [5, 5.41) is 14.3. The van der Waals surface area contributed by atoms with Gasteiger partial charge in [-0.15, -0.1) is 0 Å². The van der Waals surface area contributed by atoms with E-state index in [9.17, 15) is 18.0 Å². The SMILES string of the molecule is CC(COCc1cc2n(n1)CCN(c1ncc(C(F)(F)F)cn1)C2)Nc1cn[nH]c(=O)c1C1CC1. The predicted octanol–water partition coefficient (Wildman–Crippen LogP) is 2.69. The summed E-state index contributed by atoms with van der Waals surface area (Å²) in [7, 11) is 0. The maximum atomic E-state index is 12.8. The van der Waals surface area contributed by atoms with Gasteiger partial charge in [0.2, 0.25) is 5.95 Å². The number of hydrogen-bond acceptors (Lipinski definition) is 8. The van der Waals surface area contributed by atoms with Crippen molar-refractivity contribution in [2.24, 2.45) is 0 Å². The highest BCUT2D eigenvalue weighted by Crippen LogP contribution is 2.41. The molecule has 1 aliphatic carbocycles. The second kappa shape index (κ2) is 9.29. The van der Waals surface area contributed by atoms with Crippen molar-refractivity contribution in [2.75, 3.05) is 23.4 Å². The van der Waals surface area contributed by atoms with Gasteiger partial charge in [-0.1, -0.05) is 0 Å². The van der Waals surface area contributed by atoms with E-state index >= 15 is 0 Å². The van der Waals surface area contributed by atoms with Crippen LogP contribution in [0.1, 0.15) is 48.2 Å². The molecule has 1 saturated carbocycles. The summed E-state index contributed by atoms with van der Waals surface area (Å²) in [5.41, 5.74) is 2.16. The summed E-state index contributed by atoms with van der Waals surface area (Å²) in [6, 6.07) is 1.88. The van der Waals surface area contributed by atoms with E-state index in [4.69, 9.17) is 4.74 Å². The highest BCUT2D eigenvalue weighted by atomic mass is 19.4. The van der Waals surface area contributed by atoms with Gasteiger partial charge in [0.05, 0.1) is 55.1 Å². The van der Waals surface area contributed by atoms with E-state index in [1.807, 2.05) is 22.6 Å². The smallest absolute Gasteiger partial charge is 0.379 e. The number of ether oxygens (including phenoxy) is 1. The zero-order chi connectivity index (χ0) is 24.6. The largest absolute Gasteiger partial charge is 0.419 e. The van der Waals surface area contributed by atoms with E-state index in [-0.39, 0.29) is 17.5 Å². The predicted molar refractivity (Wildman–Crippen MR) is 120 cm³/mol. The molecule has 0 saturated heterocycles. The third-order valence-electron chi connectivity index (χ3n) is 6.00. The standard InChI is InChI=1S/C22H25F3N8O2/c1-13(29-18-9-28-30-20(34)19(18)14-2-3-14)11-35-12-16-6-17-10-32(4-5-33(17)31-16)21-26-7-15(8-27-21)22(23,24)25/h6-9,13-14H,2-5,10-12H2,1H3,(H2,29,30,34). The van der Waals surface area contributed by atoms with Gasteiger partial charge in [0.1, 0.15) is 0 Å². The molecule has 35 heavy (non-hydrogen) atoms. The maximum absolute atomic E-state index is 12.8. The van der Waals surface area contributed by atoms with Gasteiger partial charge in [0, 0.05) is 30.5 Å². The van der Waals surface area contributed by atoms with Crippen molar-refractivity contribution in [3.8, 4) is 0 Å². The van der Waals surface area contributed by atoms with Gasteiger partial charge in [-0.3, -0.25) is 9.48 Å². The average molecular weight is 490 g/mol. The highest BCUT2D eigenvalue weighted by Gasteiger charge is 2.32. The van der Waals surface area contributed by atoms with Crippen molar-refractivity contribution in [1.29, 1.82) is 0 Å². The minimum atomic E-state index is -4.46. The molecule has 1 unspecified atom stereocenters. The maximum Gasteiger partial charge on any atom is 0.419 e. The highest BCUT2D eigenvalue weighted by molar-refractivity contribution is 5.51. The first-order valence-electron chi connectivity index (χ1n) is 11.4. The Morgan fingerprint density at radius 1 is 1.23 bits per heavy atom. The van der Waals surface area contributed by atoms with Crippen molar-refractivity contribution in [1.82, 2.24) is 29.9 Å². The van der Waals surface area contributed by atoms with E-state index in [1.165, 1.54) is 0 Å². The van der Waals surface area contributed by atoms with Crippen molar-refractivity contribution in [2.45, 2.75) is 57.6 Å². The van der Waals surface area contributed by atoms with E-state index in [1.54, 1.807) is 6.20 Å². The zero-order valence-electron chi connectivity index (χ0n) is 19.0. The van der Waals surface area contributed by atoms with Crippen LogP contribution in [-0.4, -0.2) is 49.1 Å². The fourth-order valence-corrected chi connectivity index (χ4v) is 4.15. The van der Waals surface area contributed by atoms with Crippen molar-refractivity contribution >= 4 is 11.6 Å². The molecule has 0 amide bonds. The molecular weight excluding hydrogens is 465 g/mol. The van der Waals surface area contributed by atoms with Crippen molar-refractivity contribution in [3.05, 3.63) is 57.5 Å². The Balaban J connectivity index is 1.14. The van der Waals surface area contributed by atoms with Crippen LogP contribution in [0.3, 0.4) is 0 Å². The molecule has 1 aliphatic heterocycles. The first kappa shape index (κ1) is 23.3. The van der Waals surface area contributed by atoms with Crippen LogP contribution in [0.2, 0.25) is 0 Å². The fourth-order valence-electron chi connectivity index (χ4n) is 4.15. The van der Waals surface area contributed by atoms with Gasteiger partial charge in [-0.2, -0.15) is 23.4 Å². The summed E-state index contributed by atoms with van der Waals surface area (Å²) in [6.45, 7) is 4.23. The Labute approximate surface area is 198 Å². The van der Waals surface area contributed by atoms with E-state index in [0.717, 1.165) is 47.9 Å². The first-order chi connectivity index (χ1) is 16.8. The number of alkyl halides is 3. The number of hydrogen-bond donors (Lipinski definition) is 2. The first-order valence-corrected chi connectivity index (χ1v) is 11.4. The van der Waals surface area contributed by atoms with E-state index < -0.39 is 11.7 Å². The third kappa shape index (κ3) is 5.29. The molecule has 0 spiro atoms. The molecule has 186 valence electrons. The van der Waals surface area contributed by atoms with Crippen LogP contribution in [0.5, 0.6) is 0 Å². The normalized spacial score (nSPS) is 16.7. The minimum absolute atomic E-state index is 0.0411. The van der Waals surface area contributed by atoms with Crippen LogP contribution in [0.15, 0.2) is 29.5 Å². The van der Waals surface area contributed by atoms with E-state index in [2.05, 4.69) is 30.6 Å². The summed E-state index contributed by atoms with van der Waals surface area (Å²) in [6.07, 6.45) is 0.813. The fraction of sp³-hybridized carbons (Fsp3) is 0.500. The molecular formula is C22H25F3N8O2. The average Bonchev–Trinajstić information content (AvgIpc) is 3.56. The molecule has 1 fully saturated rings. The topological polar surface area (TPSA) is 114 Å². The second-order valence-electron chi connectivity index (χ2n) is 8.90. The number of nitrogens with one attached hydrogen (secondary N) is 2. The Hall–Kier alpha value is -3.48. The number of fused-ring (bicyclic) bond motifs is 1. The molecule has 0 radical (unpaired) electrons. The number of aromatic amines is 1. The number of halogens is 3. The summed E-state index contributed by atoms with van der Waals surface area (Å²) < 4.78 is 46.0. The Kier molecular flexibility index (Phi) is 6.17. The lowest BCUT2D eigenvalue weighted by Gasteiger charge is -2.27. The van der Waals surface area contributed by atoms with Crippen molar-refractivity contribution in [3.63, 3.8) is 0 Å². The van der Waals surface area contributed by atoms with Gasteiger partial charge in [-0.25, -0.2) is 15.1 Å². The van der Waals surface area contributed by atoms with Gasteiger partial charge in [-0.05, 0) is 31.7 Å². The Morgan fingerprint density at radius 3 is 2.71 bits per heavy atom. The summed E-state index contributed by atoms with van der Waals surface area (Å²) in [4.78, 5) is 21.7. The van der Waals surface area contributed by atoms with Crippen LogP contribution in [0.4, 0.5) is 24.8 Å². The van der Waals surface area contributed by atoms with Gasteiger partial charge in [0.15, 0.2) is 0 Å². The number of aromatic nitrogens is 6. The minimum Gasteiger partial charge on any atom is -0.379 e. The van der Waals surface area contributed by atoms with Crippen LogP contribution in [0.25, 0.3) is 0 Å². The third-order valence-corrected chi connectivity index (χ3v) is 6.00. The van der Waals surface area contributed by atoms with Gasteiger partial charge < -0.3 is 15.0 Å². The number of nitrogens with zero attached hydrogens (tertiary/aromatic N) is 6. The van der Waals surface area contributed by atoms with Crippen LogP contribution in [-0.2, 0) is 30.6 Å². The molecule has 0 aromatic carbocycles. The molecule has 3 aromatic heterocycles. The number of rotatable bonds is 8. The van der Waals surface area contributed by atoms with E-state index in [0.29, 0.717) is 38.8 Å². The van der Waals surface area contributed by atoms with Gasteiger partial charge >= 0.3 is 6.18 Å². The quantitative estimate of drug-likeness (QED) is 0.496. The lowest BCUT2D eigenvalue weighted by Crippen LogP contribution is -2.35. The molecule has 4 heterocycles. The van der Waals surface area contributed by atoms with Crippen LogP contribution >= 0.6 is 0 Å². The molecule has 10 nitrogen and oxygen atoms in total. The molecule has 2 aliphatic rings. The monoisotopic (exact) mass is 490 g/mol. The molecule has 0 bridgehead atoms. The van der Waals surface area contributed by atoms with Crippen LogP contribution in [0, 0.1) is 0 Å². The lowest BCUT2D eigenvalue weighted by molar-refractivity contribution is -0.138.